The van der Waals surface area contributed by atoms with E-state index < -0.39 is 0 Å². The first-order valence-electron chi connectivity index (χ1n) is 10.6. The maximum Gasteiger partial charge on any atom is 0.161 e. The lowest BCUT2D eigenvalue weighted by molar-refractivity contribution is 0.240. The molecule has 1 aliphatic rings. The average molecular weight is 411 g/mol. The molecular formula is C24H30N2O2S. The van der Waals surface area contributed by atoms with Crippen LogP contribution in [0, 0.1) is 0 Å². The van der Waals surface area contributed by atoms with Crippen molar-refractivity contribution >= 4 is 21.4 Å². The Hall–Kier alpha value is -2.08. The molecule has 0 amide bonds. The molecule has 1 aliphatic heterocycles. The van der Waals surface area contributed by atoms with Crippen LogP contribution in [0.4, 0.5) is 0 Å². The van der Waals surface area contributed by atoms with Gasteiger partial charge in [-0.15, -0.1) is 11.3 Å². The predicted molar refractivity (Wildman–Crippen MR) is 122 cm³/mol. The normalized spacial score (nSPS) is 16.5. The molecule has 1 unspecified atom stereocenters. The SMILES string of the molecule is CCOc1ccc(C(c2csc3ccccc23)N2CCCNCC2)cc1OCC. The van der Waals surface area contributed by atoms with Crippen molar-refractivity contribution in [1.29, 1.82) is 0 Å². The second-order valence-corrected chi connectivity index (χ2v) is 8.21. The van der Waals surface area contributed by atoms with Crippen molar-refractivity contribution in [2.45, 2.75) is 26.3 Å². The molecule has 3 aromatic rings. The number of nitrogens with one attached hydrogen (secondary N) is 1. The van der Waals surface area contributed by atoms with Gasteiger partial charge in [-0.2, -0.15) is 0 Å². The Balaban J connectivity index is 1.80. The van der Waals surface area contributed by atoms with Gasteiger partial charge in [0.15, 0.2) is 11.5 Å². The smallest absolute Gasteiger partial charge is 0.161 e. The van der Waals surface area contributed by atoms with Gasteiger partial charge in [0.2, 0.25) is 0 Å². The third-order valence-corrected chi connectivity index (χ3v) is 6.41. The van der Waals surface area contributed by atoms with Crippen molar-refractivity contribution in [3.63, 3.8) is 0 Å². The van der Waals surface area contributed by atoms with E-state index in [1.165, 1.54) is 21.2 Å². The molecular weight excluding hydrogens is 380 g/mol. The van der Waals surface area contributed by atoms with Crippen LogP contribution in [0.5, 0.6) is 11.5 Å². The summed E-state index contributed by atoms with van der Waals surface area (Å²) in [6.45, 7) is 9.51. The average Bonchev–Trinajstić information content (AvgIpc) is 2.97. The fourth-order valence-corrected chi connectivity index (χ4v) is 5.14. The van der Waals surface area contributed by atoms with Crippen LogP contribution in [-0.2, 0) is 0 Å². The van der Waals surface area contributed by atoms with Gasteiger partial charge in [-0.05, 0) is 66.9 Å². The molecule has 2 aromatic carbocycles. The van der Waals surface area contributed by atoms with Crippen molar-refractivity contribution in [2.24, 2.45) is 0 Å². The summed E-state index contributed by atoms with van der Waals surface area (Å²) in [6.07, 6.45) is 1.16. The summed E-state index contributed by atoms with van der Waals surface area (Å²) in [6, 6.07) is 15.4. The fraction of sp³-hybridized carbons (Fsp3) is 0.417. The lowest BCUT2D eigenvalue weighted by Crippen LogP contribution is -2.33. The highest BCUT2D eigenvalue weighted by molar-refractivity contribution is 7.17. The van der Waals surface area contributed by atoms with Crippen LogP contribution in [0.2, 0.25) is 0 Å². The van der Waals surface area contributed by atoms with Gasteiger partial charge in [0.1, 0.15) is 0 Å². The topological polar surface area (TPSA) is 33.7 Å². The first-order chi connectivity index (χ1) is 14.3. The van der Waals surface area contributed by atoms with Crippen LogP contribution in [0.15, 0.2) is 47.8 Å². The Bertz CT molecular complexity index is 932. The van der Waals surface area contributed by atoms with Gasteiger partial charge in [0, 0.05) is 24.3 Å². The van der Waals surface area contributed by atoms with Crippen LogP contribution in [0.3, 0.4) is 0 Å². The number of hydrogen-bond donors (Lipinski definition) is 1. The molecule has 1 fully saturated rings. The molecule has 0 radical (unpaired) electrons. The standard InChI is InChI=1S/C24H30N2O2S/c1-3-27-21-11-10-18(16-22(21)28-4-2)24(26-14-7-12-25-13-15-26)20-17-29-23-9-6-5-8-19(20)23/h5-6,8-11,16-17,24-25H,3-4,7,12-15H2,1-2H3. The number of thiophene rings is 1. The van der Waals surface area contributed by atoms with E-state index in [0.717, 1.165) is 44.1 Å². The number of benzene rings is 2. The van der Waals surface area contributed by atoms with Gasteiger partial charge in [0.05, 0.1) is 19.3 Å². The zero-order chi connectivity index (χ0) is 20.1. The summed E-state index contributed by atoms with van der Waals surface area (Å²) in [5.74, 6) is 1.66. The van der Waals surface area contributed by atoms with Gasteiger partial charge < -0.3 is 14.8 Å². The van der Waals surface area contributed by atoms with Crippen LogP contribution in [-0.4, -0.2) is 44.3 Å². The van der Waals surface area contributed by atoms with E-state index in [9.17, 15) is 0 Å². The minimum Gasteiger partial charge on any atom is -0.490 e. The second-order valence-electron chi connectivity index (χ2n) is 7.30. The number of ether oxygens (including phenoxy) is 2. The quantitative estimate of drug-likeness (QED) is 0.589. The van der Waals surface area contributed by atoms with Gasteiger partial charge in [0.25, 0.3) is 0 Å². The molecule has 1 saturated heterocycles. The molecule has 29 heavy (non-hydrogen) atoms. The molecule has 1 aromatic heterocycles. The van der Waals surface area contributed by atoms with Crippen LogP contribution in [0.1, 0.15) is 37.4 Å². The first-order valence-corrected chi connectivity index (χ1v) is 11.5. The largest absolute Gasteiger partial charge is 0.490 e. The number of fused-ring (bicyclic) bond motifs is 1. The van der Waals surface area contributed by atoms with Crippen molar-refractivity contribution < 1.29 is 9.47 Å². The monoisotopic (exact) mass is 410 g/mol. The minimum atomic E-state index is 0.209. The molecule has 4 nitrogen and oxygen atoms in total. The highest BCUT2D eigenvalue weighted by atomic mass is 32.1. The van der Waals surface area contributed by atoms with E-state index in [1.807, 2.05) is 25.2 Å². The van der Waals surface area contributed by atoms with Crippen molar-refractivity contribution in [2.75, 3.05) is 39.4 Å². The summed E-state index contributed by atoms with van der Waals surface area (Å²) >= 11 is 1.83. The lowest BCUT2D eigenvalue weighted by atomic mass is 9.95. The summed E-state index contributed by atoms with van der Waals surface area (Å²) in [4.78, 5) is 2.61. The molecule has 1 N–H and O–H groups in total. The molecule has 4 rings (SSSR count). The van der Waals surface area contributed by atoms with Crippen molar-refractivity contribution in [3.8, 4) is 11.5 Å². The summed E-state index contributed by atoms with van der Waals surface area (Å²) in [5, 5.41) is 7.23. The third kappa shape index (κ3) is 4.42. The number of rotatable bonds is 7. The summed E-state index contributed by atoms with van der Waals surface area (Å²) < 4.78 is 13.1. The van der Waals surface area contributed by atoms with E-state index in [-0.39, 0.29) is 6.04 Å². The molecule has 1 atom stereocenters. The maximum atomic E-state index is 5.94. The van der Waals surface area contributed by atoms with Crippen LogP contribution in [0.25, 0.3) is 10.1 Å². The van der Waals surface area contributed by atoms with Crippen LogP contribution < -0.4 is 14.8 Å². The van der Waals surface area contributed by atoms with Crippen molar-refractivity contribution in [3.05, 3.63) is 59.0 Å². The second kappa shape index (κ2) is 9.61. The van der Waals surface area contributed by atoms with Gasteiger partial charge in [-0.3, -0.25) is 4.90 Å². The Kier molecular flexibility index (Phi) is 6.70. The van der Waals surface area contributed by atoms with Gasteiger partial charge in [-0.25, -0.2) is 0 Å². The molecule has 5 heteroatoms. The third-order valence-electron chi connectivity index (χ3n) is 5.43. The Morgan fingerprint density at radius 3 is 2.69 bits per heavy atom. The number of nitrogens with zero attached hydrogens (tertiary/aromatic N) is 1. The first kappa shape index (κ1) is 20.2. The molecule has 0 bridgehead atoms. The Morgan fingerprint density at radius 2 is 1.83 bits per heavy atom. The number of hydrogen-bond acceptors (Lipinski definition) is 5. The Morgan fingerprint density at radius 1 is 1.00 bits per heavy atom. The predicted octanol–water partition coefficient (Wildman–Crippen LogP) is 5.08. The van der Waals surface area contributed by atoms with Gasteiger partial charge in [-0.1, -0.05) is 24.3 Å². The van der Waals surface area contributed by atoms with E-state index in [4.69, 9.17) is 9.47 Å². The fourth-order valence-electron chi connectivity index (χ4n) is 4.16. The molecule has 0 aliphatic carbocycles. The maximum absolute atomic E-state index is 5.94. The highest BCUT2D eigenvalue weighted by Gasteiger charge is 2.26. The highest BCUT2D eigenvalue weighted by Crippen LogP contribution is 2.40. The van der Waals surface area contributed by atoms with E-state index in [0.29, 0.717) is 13.2 Å². The molecule has 0 spiro atoms. The van der Waals surface area contributed by atoms with Crippen molar-refractivity contribution in [1.82, 2.24) is 10.2 Å². The zero-order valence-corrected chi connectivity index (χ0v) is 18.1. The summed E-state index contributed by atoms with van der Waals surface area (Å²) in [7, 11) is 0. The molecule has 0 saturated carbocycles. The van der Waals surface area contributed by atoms with Gasteiger partial charge >= 0.3 is 0 Å². The van der Waals surface area contributed by atoms with E-state index in [1.54, 1.807) is 0 Å². The lowest BCUT2D eigenvalue weighted by Gasteiger charge is -2.31. The van der Waals surface area contributed by atoms with E-state index in [2.05, 4.69) is 58.1 Å². The zero-order valence-electron chi connectivity index (χ0n) is 17.3. The minimum absolute atomic E-state index is 0.209. The van der Waals surface area contributed by atoms with E-state index >= 15 is 0 Å². The van der Waals surface area contributed by atoms with Crippen LogP contribution >= 0.6 is 11.3 Å². The molecule has 154 valence electrons. The molecule has 2 heterocycles. The summed E-state index contributed by atoms with van der Waals surface area (Å²) in [5.41, 5.74) is 2.65. The Labute approximate surface area is 177 Å².